The third-order valence-electron chi connectivity index (χ3n) is 1.88. The first-order valence-electron chi connectivity index (χ1n) is 4.63. The predicted molar refractivity (Wildman–Crippen MR) is 60.8 cm³/mol. The van der Waals surface area contributed by atoms with E-state index in [1.807, 2.05) is 0 Å². The van der Waals surface area contributed by atoms with Gasteiger partial charge in [-0.2, -0.15) is 0 Å². The number of nitrogens with zero attached hydrogens (tertiary/aromatic N) is 1. The second kappa shape index (κ2) is 5.66. The molecule has 7 heteroatoms. The van der Waals surface area contributed by atoms with E-state index in [-0.39, 0.29) is 5.56 Å². The van der Waals surface area contributed by atoms with Gasteiger partial charge in [-0.15, -0.1) is 0 Å². The molecule has 1 atom stereocenters. The first-order chi connectivity index (χ1) is 7.52. The van der Waals surface area contributed by atoms with E-state index in [4.69, 9.17) is 5.11 Å². The molecule has 1 rings (SSSR count). The van der Waals surface area contributed by atoms with Crippen molar-refractivity contribution in [3.8, 4) is 0 Å². The minimum absolute atomic E-state index is 0.230. The normalized spacial score (nSPS) is 12.4. The van der Waals surface area contributed by atoms with Crippen molar-refractivity contribution in [2.45, 2.75) is 18.1 Å². The summed E-state index contributed by atoms with van der Waals surface area (Å²) >= 11 is 1.20. The lowest BCUT2D eigenvalue weighted by atomic mass is 10.3. The molecule has 1 aromatic rings. The van der Waals surface area contributed by atoms with Gasteiger partial charge in [-0.25, -0.2) is 4.98 Å². The molecule has 0 spiro atoms. The summed E-state index contributed by atoms with van der Waals surface area (Å²) in [6, 6.07) is 0.729. The van der Waals surface area contributed by atoms with Crippen LogP contribution in [0, 0.1) is 6.92 Å². The molecule has 0 radical (unpaired) electrons. The maximum atomic E-state index is 11.1. The quantitative estimate of drug-likeness (QED) is 0.491. The van der Waals surface area contributed by atoms with Gasteiger partial charge in [-0.1, -0.05) is 11.8 Å². The van der Waals surface area contributed by atoms with Crippen molar-refractivity contribution in [2.24, 2.45) is 0 Å². The highest BCUT2D eigenvalue weighted by atomic mass is 32.2. The maximum Gasteiger partial charge on any atom is 0.321 e. The number of carbonyl (C=O) groups is 1. The van der Waals surface area contributed by atoms with Crippen LogP contribution in [-0.2, 0) is 4.79 Å². The maximum absolute atomic E-state index is 11.1. The van der Waals surface area contributed by atoms with Crippen LogP contribution in [0.15, 0.2) is 16.0 Å². The van der Waals surface area contributed by atoms with Crippen LogP contribution >= 0.6 is 11.8 Å². The van der Waals surface area contributed by atoms with Crippen LogP contribution in [0.2, 0.25) is 0 Å². The number of nitrogens with one attached hydrogen (secondary N) is 2. The molecule has 0 fully saturated rings. The van der Waals surface area contributed by atoms with Gasteiger partial charge in [0.2, 0.25) is 0 Å². The summed E-state index contributed by atoms with van der Waals surface area (Å²) in [5, 5.41) is 11.9. The second-order valence-electron chi connectivity index (χ2n) is 3.18. The lowest BCUT2D eigenvalue weighted by Crippen LogP contribution is -2.36. The molecule has 1 heterocycles. The van der Waals surface area contributed by atoms with Crippen molar-refractivity contribution in [1.29, 1.82) is 0 Å². The van der Waals surface area contributed by atoms with Crippen LogP contribution < -0.4 is 10.9 Å². The molecule has 1 aromatic heterocycles. The van der Waals surface area contributed by atoms with Gasteiger partial charge in [0.25, 0.3) is 5.56 Å². The fraction of sp³-hybridized carbons (Fsp3) is 0.444. The Morgan fingerprint density at radius 3 is 2.94 bits per heavy atom. The van der Waals surface area contributed by atoms with E-state index in [1.165, 1.54) is 17.8 Å². The zero-order chi connectivity index (χ0) is 12.1. The molecular formula is C9H13N3O3S. The Balaban J connectivity index is 2.67. The molecule has 1 unspecified atom stereocenters. The number of H-pyrrole nitrogens is 1. The first-order valence-corrected chi connectivity index (χ1v) is 5.62. The van der Waals surface area contributed by atoms with Gasteiger partial charge in [0.15, 0.2) is 5.16 Å². The van der Waals surface area contributed by atoms with Crippen molar-refractivity contribution < 1.29 is 9.90 Å². The molecule has 0 aliphatic carbocycles. The van der Waals surface area contributed by atoms with Crippen LogP contribution in [0.5, 0.6) is 0 Å². The predicted octanol–water partition coefficient (Wildman–Crippen LogP) is -0.157. The molecule has 0 saturated carbocycles. The minimum atomic E-state index is -0.926. The fourth-order valence-corrected chi connectivity index (χ4v) is 2.08. The van der Waals surface area contributed by atoms with E-state index in [1.54, 1.807) is 14.0 Å². The number of thioether (sulfide) groups is 1. The second-order valence-corrected chi connectivity index (χ2v) is 4.19. The molecular weight excluding hydrogens is 230 g/mol. The summed E-state index contributed by atoms with van der Waals surface area (Å²) in [6.07, 6.45) is 0. The lowest BCUT2D eigenvalue weighted by Gasteiger charge is -2.09. The summed E-state index contributed by atoms with van der Waals surface area (Å²) in [5.74, 6) is -0.622. The Labute approximate surface area is 96.5 Å². The zero-order valence-corrected chi connectivity index (χ0v) is 9.80. The van der Waals surface area contributed by atoms with Gasteiger partial charge in [-0.3, -0.25) is 9.59 Å². The van der Waals surface area contributed by atoms with Gasteiger partial charge >= 0.3 is 5.97 Å². The fourth-order valence-electron chi connectivity index (χ4n) is 1.06. The number of aromatic amines is 1. The van der Waals surface area contributed by atoms with Gasteiger partial charge < -0.3 is 15.4 Å². The van der Waals surface area contributed by atoms with Gasteiger partial charge in [0, 0.05) is 17.5 Å². The third-order valence-corrected chi connectivity index (χ3v) is 2.85. The van der Waals surface area contributed by atoms with E-state index in [9.17, 15) is 9.59 Å². The lowest BCUT2D eigenvalue weighted by molar-refractivity contribution is -0.138. The number of aliphatic carboxylic acids is 1. The highest BCUT2D eigenvalue weighted by molar-refractivity contribution is 7.99. The van der Waals surface area contributed by atoms with Gasteiger partial charge in [0.1, 0.15) is 6.04 Å². The molecule has 0 saturated heterocycles. The molecule has 6 nitrogen and oxygen atoms in total. The van der Waals surface area contributed by atoms with Crippen LogP contribution in [0.1, 0.15) is 5.69 Å². The Morgan fingerprint density at radius 1 is 1.75 bits per heavy atom. The van der Waals surface area contributed by atoms with Crippen molar-refractivity contribution in [2.75, 3.05) is 12.8 Å². The van der Waals surface area contributed by atoms with E-state index < -0.39 is 12.0 Å². The standard InChI is InChI=1S/C9H13N3O3S/c1-5-3-7(13)12-9(11-5)16-4-6(10-2)8(14)15/h3,6,10H,4H2,1-2H3,(H,14,15)(H,11,12,13). The summed E-state index contributed by atoms with van der Waals surface area (Å²) in [5.41, 5.74) is 0.383. The topological polar surface area (TPSA) is 95.1 Å². The van der Waals surface area contributed by atoms with Crippen molar-refractivity contribution in [3.63, 3.8) is 0 Å². The van der Waals surface area contributed by atoms with Crippen LogP contribution in [0.25, 0.3) is 0 Å². The Hall–Kier alpha value is -1.34. The van der Waals surface area contributed by atoms with Gasteiger partial charge in [-0.05, 0) is 14.0 Å². The van der Waals surface area contributed by atoms with Crippen LogP contribution in [0.4, 0.5) is 0 Å². The molecule has 0 aliphatic heterocycles. The van der Waals surface area contributed by atoms with Crippen LogP contribution in [0.3, 0.4) is 0 Å². The van der Waals surface area contributed by atoms with E-state index in [0.29, 0.717) is 16.6 Å². The van der Waals surface area contributed by atoms with E-state index >= 15 is 0 Å². The molecule has 16 heavy (non-hydrogen) atoms. The molecule has 0 aliphatic rings. The number of carboxylic acid groups (broad SMARTS) is 1. The zero-order valence-electron chi connectivity index (χ0n) is 8.98. The number of hydrogen-bond acceptors (Lipinski definition) is 5. The summed E-state index contributed by atoms with van der Waals surface area (Å²) in [7, 11) is 1.58. The number of hydrogen-bond donors (Lipinski definition) is 3. The number of likely N-dealkylation sites (N-methyl/N-ethyl adjacent to an activating group) is 1. The summed E-state index contributed by atoms with van der Waals surface area (Å²) < 4.78 is 0. The summed E-state index contributed by atoms with van der Waals surface area (Å²) in [6.45, 7) is 1.71. The number of rotatable bonds is 5. The third kappa shape index (κ3) is 3.67. The highest BCUT2D eigenvalue weighted by Gasteiger charge is 2.15. The highest BCUT2D eigenvalue weighted by Crippen LogP contribution is 2.12. The number of carboxylic acids is 1. The van der Waals surface area contributed by atoms with E-state index in [2.05, 4.69) is 15.3 Å². The van der Waals surface area contributed by atoms with Crippen LogP contribution in [-0.4, -0.2) is 39.9 Å². The molecule has 0 aromatic carbocycles. The van der Waals surface area contributed by atoms with E-state index in [0.717, 1.165) is 0 Å². The van der Waals surface area contributed by atoms with Gasteiger partial charge in [0.05, 0.1) is 0 Å². The Kier molecular flexibility index (Phi) is 4.51. The summed E-state index contributed by atoms with van der Waals surface area (Å²) in [4.78, 5) is 28.5. The molecule has 88 valence electrons. The first kappa shape index (κ1) is 12.7. The number of aromatic nitrogens is 2. The average Bonchev–Trinajstić information content (AvgIpc) is 2.16. The van der Waals surface area contributed by atoms with Crippen molar-refractivity contribution in [1.82, 2.24) is 15.3 Å². The van der Waals surface area contributed by atoms with Crippen molar-refractivity contribution >= 4 is 17.7 Å². The Morgan fingerprint density at radius 2 is 2.44 bits per heavy atom. The average molecular weight is 243 g/mol. The molecule has 0 bridgehead atoms. The monoisotopic (exact) mass is 243 g/mol. The Bertz CT molecular complexity index is 432. The largest absolute Gasteiger partial charge is 0.480 e. The smallest absolute Gasteiger partial charge is 0.321 e. The molecule has 3 N–H and O–H groups in total. The molecule has 0 amide bonds. The minimum Gasteiger partial charge on any atom is -0.480 e. The SMILES string of the molecule is CNC(CSc1nc(C)cc(=O)[nH]1)C(=O)O. The number of aryl methyl sites for hydroxylation is 1. The van der Waals surface area contributed by atoms with Crippen molar-refractivity contribution in [3.05, 3.63) is 22.1 Å².